The van der Waals surface area contributed by atoms with Gasteiger partial charge in [0.05, 0.1) is 17.1 Å². The highest BCUT2D eigenvalue weighted by Gasteiger charge is 2.23. The number of esters is 1. The van der Waals surface area contributed by atoms with Crippen LogP contribution in [0.25, 0.3) is 0 Å². The number of hydrogen-bond donors (Lipinski definition) is 0. The zero-order valence-corrected chi connectivity index (χ0v) is 14.8. The Hall–Kier alpha value is -2.71. The van der Waals surface area contributed by atoms with Gasteiger partial charge in [-0.3, -0.25) is 10.1 Å². The third-order valence-electron chi connectivity index (χ3n) is 3.85. The third kappa shape index (κ3) is 3.61. The number of carbonyl (C=O) groups is 1. The number of nitro groups is 1. The van der Waals surface area contributed by atoms with Gasteiger partial charge in [-0.1, -0.05) is 11.6 Å². The van der Waals surface area contributed by atoms with Crippen LogP contribution in [0.15, 0.2) is 18.2 Å². The average Bonchev–Trinajstić information content (AvgIpc) is 2.58. The lowest BCUT2D eigenvalue weighted by molar-refractivity contribution is -0.385. The second-order valence-corrected chi connectivity index (χ2v) is 6.14. The highest BCUT2D eigenvalue weighted by Crippen LogP contribution is 2.33. The Morgan fingerprint density at radius 1 is 1.38 bits per heavy atom. The van der Waals surface area contributed by atoms with Crippen molar-refractivity contribution >= 4 is 23.3 Å². The summed E-state index contributed by atoms with van der Waals surface area (Å²) in [6.45, 7) is 3.51. The maximum atomic E-state index is 12.4. The molecule has 1 aromatic heterocycles. The number of aryl methyl sites for hydroxylation is 2. The number of nitrogens with zero attached hydrogens (tertiary/aromatic N) is 2. The van der Waals surface area contributed by atoms with Gasteiger partial charge in [0.15, 0.2) is 6.79 Å². The number of carbonyl (C=O) groups excluding carboxylic acids is 1. The van der Waals surface area contributed by atoms with Crippen molar-refractivity contribution < 1.29 is 23.9 Å². The number of nitro benzene ring substituents is 1. The minimum absolute atomic E-state index is 0.0264. The zero-order valence-electron chi connectivity index (χ0n) is 14.1. The quantitative estimate of drug-likeness (QED) is 0.347. The van der Waals surface area contributed by atoms with Gasteiger partial charge >= 0.3 is 5.97 Å². The molecule has 1 aliphatic heterocycles. The Balaban J connectivity index is 1.87. The molecule has 26 heavy (non-hydrogen) atoms. The van der Waals surface area contributed by atoms with Crippen LogP contribution >= 0.6 is 11.6 Å². The van der Waals surface area contributed by atoms with E-state index in [2.05, 4.69) is 4.98 Å². The average molecular weight is 379 g/mol. The van der Waals surface area contributed by atoms with E-state index < -0.39 is 10.9 Å². The van der Waals surface area contributed by atoms with E-state index in [1.165, 1.54) is 12.1 Å². The molecule has 1 aromatic carbocycles. The van der Waals surface area contributed by atoms with Gasteiger partial charge in [0.25, 0.3) is 5.69 Å². The lowest BCUT2D eigenvalue weighted by Crippen LogP contribution is -2.15. The molecule has 2 heterocycles. The summed E-state index contributed by atoms with van der Waals surface area (Å²) >= 11 is 6.05. The molecule has 0 atom stereocenters. The predicted octanol–water partition coefficient (Wildman–Crippen LogP) is 3.48. The van der Waals surface area contributed by atoms with Gasteiger partial charge in [-0.2, -0.15) is 0 Å². The van der Waals surface area contributed by atoms with Gasteiger partial charge in [0, 0.05) is 29.0 Å². The Labute approximate surface area is 153 Å². The van der Waals surface area contributed by atoms with Gasteiger partial charge in [0.2, 0.25) is 0 Å². The topological polar surface area (TPSA) is 101 Å². The predicted molar refractivity (Wildman–Crippen MR) is 91.2 cm³/mol. The lowest BCUT2D eigenvalue weighted by atomic mass is 10.1. The number of non-ortho nitro benzene ring substituents is 1. The Morgan fingerprint density at radius 2 is 2.15 bits per heavy atom. The number of fused-ring (bicyclic) bond motifs is 1. The number of aromatic nitrogens is 1. The van der Waals surface area contributed by atoms with E-state index in [-0.39, 0.29) is 36.4 Å². The number of rotatable bonds is 4. The summed E-state index contributed by atoms with van der Waals surface area (Å²) in [5.41, 5.74) is 2.28. The molecular weight excluding hydrogens is 364 g/mol. The number of benzene rings is 1. The smallest absolute Gasteiger partial charge is 0.341 e. The minimum atomic E-state index is -0.660. The van der Waals surface area contributed by atoms with E-state index in [0.29, 0.717) is 28.1 Å². The molecule has 0 amide bonds. The Bertz CT molecular complexity index is 876. The first kappa shape index (κ1) is 18.1. The van der Waals surface area contributed by atoms with E-state index in [9.17, 15) is 14.9 Å². The van der Waals surface area contributed by atoms with Crippen LogP contribution < -0.4 is 4.74 Å². The fourth-order valence-corrected chi connectivity index (χ4v) is 3.10. The lowest BCUT2D eigenvalue weighted by Gasteiger charge is -2.20. The van der Waals surface area contributed by atoms with Crippen molar-refractivity contribution in [2.24, 2.45) is 0 Å². The standard InChI is InChI=1S/C17H15ClN2O6/c1-9-3-10(2)19-16(18)14(9)17(21)25-7-12-5-13(20(22)23)4-11-6-24-8-26-15(11)12/h3-5H,6-8H2,1-2H3. The first-order chi connectivity index (χ1) is 12.4. The summed E-state index contributed by atoms with van der Waals surface area (Å²) < 4.78 is 15.9. The molecule has 8 nitrogen and oxygen atoms in total. The van der Waals surface area contributed by atoms with E-state index in [1.807, 2.05) is 0 Å². The summed E-state index contributed by atoms with van der Waals surface area (Å²) in [7, 11) is 0. The van der Waals surface area contributed by atoms with Crippen molar-refractivity contribution in [3.63, 3.8) is 0 Å². The first-order valence-electron chi connectivity index (χ1n) is 7.68. The van der Waals surface area contributed by atoms with Crippen LogP contribution in [0.5, 0.6) is 5.75 Å². The number of ether oxygens (including phenoxy) is 3. The molecule has 0 saturated heterocycles. The van der Waals surface area contributed by atoms with Crippen LogP contribution in [0, 0.1) is 24.0 Å². The fourth-order valence-electron chi connectivity index (χ4n) is 2.75. The number of pyridine rings is 1. The molecule has 0 saturated carbocycles. The first-order valence-corrected chi connectivity index (χ1v) is 8.06. The molecule has 0 fully saturated rings. The van der Waals surface area contributed by atoms with Gasteiger partial charge in [0.1, 0.15) is 17.5 Å². The number of halogens is 1. The monoisotopic (exact) mass is 378 g/mol. The summed E-state index contributed by atoms with van der Waals surface area (Å²) in [5.74, 6) is -0.230. The van der Waals surface area contributed by atoms with E-state index in [4.69, 9.17) is 25.8 Å². The normalized spacial score (nSPS) is 12.9. The molecule has 3 rings (SSSR count). The second-order valence-electron chi connectivity index (χ2n) is 5.78. The van der Waals surface area contributed by atoms with Crippen LogP contribution in [0.2, 0.25) is 5.15 Å². The largest absolute Gasteiger partial charge is 0.467 e. The minimum Gasteiger partial charge on any atom is -0.467 e. The highest BCUT2D eigenvalue weighted by molar-refractivity contribution is 6.32. The SMILES string of the molecule is Cc1cc(C)c(C(=O)OCc2cc([N+](=O)[O-])cc3c2OCOC3)c(Cl)n1. The molecule has 0 aliphatic carbocycles. The van der Waals surface area contributed by atoms with Gasteiger partial charge in [-0.15, -0.1) is 0 Å². The molecule has 0 radical (unpaired) electrons. The maximum Gasteiger partial charge on any atom is 0.341 e. The summed E-state index contributed by atoms with van der Waals surface area (Å²) in [6, 6.07) is 4.42. The van der Waals surface area contributed by atoms with Crippen molar-refractivity contribution in [3.8, 4) is 5.75 Å². The van der Waals surface area contributed by atoms with E-state index >= 15 is 0 Å². The highest BCUT2D eigenvalue weighted by atomic mass is 35.5. The van der Waals surface area contributed by atoms with Crippen LogP contribution in [-0.2, 0) is 22.7 Å². The van der Waals surface area contributed by atoms with Gasteiger partial charge in [-0.25, -0.2) is 9.78 Å². The van der Waals surface area contributed by atoms with Crippen LogP contribution in [0.1, 0.15) is 32.7 Å². The molecule has 0 unspecified atom stereocenters. The van der Waals surface area contributed by atoms with Crippen LogP contribution in [0.3, 0.4) is 0 Å². The Kier molecular flexibility index (Phi) is 5.06. The van der Waals surface area contributed by atoms with E-state index in [0.717, 1.165) is 0 Å². The van der Waals surface area contributed by atoms with Gasteiger partial charge < -0.3 is 14.2 Å². The zero-order chi connectivity index (χ0) is 18.8. The van der Waals surface area contributed by atoms with Crippen LogP contribution in [-0.4, -0.2) is 22.7 Å². The molecular formula is C17H15ClN2O6. The summed E-state index contributed by atoms with van der Waals surface area (Å²) in [4.78, 5) is 27.1. The molecule has 0 bridgehead atoms. The molecule has 0 spiro atoms. The van der Waals surface area contributed by atoms with Gasteiger partial charge in [-0.05, 0) is 25.5 Å². The van der Waals surface area contributed by atoms with Crippen molar-refractivity contribution in [1.82, 2.24) is 4.98 Å². The Morgan fingerprint density at radius 3 is 2.85 bits per heavy atom. The fraction of sp³-hybridized carbons (Fsp3) is 0.294. The number of hydrogen-bond acceptors (Lipinski definition) is 7. The summed E-state index contributed by atoms with van der Waals surface area (Å²) in [6.07, 6.45) is 0. The van der Waals surface area contributed by atoms with E-state index in [1.54, 1.807) is 19.9 Å². The van der Waals surface area contributed by atoms with Crippen molar-refractivity contribution in [1.29, 1.82) is 0 Å². The van der Waals surface area contributed by atoms with Crippen molar-refractivity contribution in [2.75, 3.05) is 6.79 Å². The molecule has 0 N–H and O–H groups in total. The maximum absolute atomic E-state index is 12.4. The van der Waals surface area contributed by atoms with Crippen molar-refractivity contribution in [2.45, 2.75) is 27.1 Å². The molecule has 9 heteroatoms. The molecule has 136 valence electrons. The summed E-state index contributed by atoms with van der Waals surface area (Å²) in [5, 5.41) is 11.2. The molecule has 2 aromatic rings. The molecule has 1 aliphatic rings. The van der Waals surface area contributed by atoms with Crippen molar-refractivity contribution in [3.05, 3.63) is 61.4 Å². The van der Waals surface area contributed by atoms with Crippen LogP contribution in [0.4, 0.5) is 5.69 Å². The second kappa shape index (κ2) is 7.27. The third-order valence-corrected chi connectivity index (χ3v) is 4.12.